The summed E-state index contributed by atoms with van der Waals surface area (Å²) < 4.78 is 22.8. The average molecular weight is 360 g/mol. The van der Waals surface area contributed by atoms with E-state index in [0.29, 0.717) is 6.73 Å². The monoisotopic (exact) mass is 359 g/mol. The molecule has 0 saturated heterocycles. The fourth-order valence-electron chi connectivity index (χ4n) is 1.84. The highest BCUT2D eigenvalue weighted by atomic mass is 32.2. The first-order valence-electron chi connectivity index (χ1n) is 8.30. The Bertz CT molecular complexity index is 469. The molecule has 0 amide bonds. The average Bonchev–Trinajstić information content (AvgIpc) is 2.87. The fourth-order valence-corrected chi connectivity index (χ4v) is 3.49. The zero-order chi connectivity index (χ0) is 17.7. The van der Waals surface area contributed by atoms with Gasteiger partial charge in [-0.15, -0.1) is 4.72 Å². The van der Waals surface area contributed by atoms with E-state index in [1.807, 2.05) is 31.5 Å². The Hall–Kier alpha value is -0.343. The Morgan fingerprint density at radius 3 is 2.57 bits per heavy atom. The number of rotatable bonds is 9. The molecule has 0 spiro atoms. The van der Waals surface area contributed by atoms with Crippen molar-refractivity contribution in [1.29, 1.82) is 0 Å². The summed E-state index contributed by atoms with van der Waals surface area (Å²) in [6.07, 6.45) is 4.61. The number of ether oxygens (including phenoxy) is 1. The maximum atomic E-state index is 12.3. The minimum atomic E-state index is -1.10. The molecule has 1 N–H and O–H groups in total. The van der Waals surface area contributed by atoms with Crippen LogP contribution in [0.3, 0.4) is 0 Å². The molecule has 2 unspecified atom stereocenters. The van der Waals surface area contributed by atoms with Gasteiger partial charge in [-0.05, 0) is 33.2 Å². The number of nitrogens with zero attached hydrogens (tertiary/aromatic N) is 2. The Morgan fingerprint density at radius 2 is 2.04 bits per heavy atom. The molecule has 23 heavy (non-hydrogen) atoms. The van der Waals surface area contributed by atoms with Crippen molar-refractivity contribution < 1.29 is 9.29 Å². The molecule has 1 aromatic rings. The minimum Gasteiger partial charge on any atom is -0.598 e. The van der Waals surface area contributed by atoms with Gasteiger partial charge in [0.2, 0.25) is 0 Å². The van der Waals surface area contributed by atoms with E-state index in [1.54, 1.807) is 6.33 Å². The van der Waals surface area contributed by atoms with Crippen LogP contribution in [0.1, 0.15) is 45.9 Å². The lowest BCUT2D eigenvalue weighted by atomic mass is 10.2. The van der Waals surface area contributed by atoms with Crippen molar-refractivity contribution >= 4 is 19.4 Å². The summed E-state index contributed by atoms with van der Waals surface area (Å²) in [6.45, 7) is 16.3. The van der Waals surface area contributed by atoms with Crippen LogP contribution in [0.5, 0.6) is 0 Å². The molecule has 7 heteroatoms. The van der Waals surface area contributed by atoms with Crippen LogP contribution >= 0.6 is 0 Å². The summed E-state index contributed by atoms with van der Waals surface area (Å²) in [6, 6.07) is 1.16. The highest BCUT2D eigenvalue weighted by molar-refractivity contribution is 7.90. The molecular formula is C16H33N3O2SSi. The van der Waals surface area contributed by atoms with E-state index in [1.165, 1.54) is 0 Å². The summed E-state index contributed by atoms with van der Waals surface area (Å²) in [7, 11) is -1.04. The molecule has 134 valence electrons. The van der Waals surface area contributed by atoms with Crippen LogP contribution in [0.4, 0.5) is 0 Å². The van der Waals surface area contributed by atoms with E-state index in [0.717, 1.165) is 24.8 Å². The molecule has 0 aliphatic heterocycles. The van der Waals surface area contributed by atoms with Crippen LogP contribution in [0, 0.1) is 0 Å². The van der Waals surface area contributed by atoms with Gasteiger partial charge in [0.25, 0.3) is 0 Å². The van der Waals surface area contributed by atoms with Crippen LogP contribution in [-0.2, 0) is 22.8 Å². The molecule has 0 aromatic carbocycles. The van der Waals surface area contributed by atoms with E-state index < -0.39 is 19.4 Å². The predicted octanol–water partition coefficient (Wildman–Crippen LogP) is 3.70. The van der Waals surface area contributed by atoms with Crippen molar-refractivity contribution in [3.63, 3.8) is 0 Å². The van der Waals surface area contributed by atoms with Crippen molar-refractivity contribution in [1.82, 2.24) is 14.3 Å². The van der Waals surface area contributed by atoms with Gasteiger partial charge in [0.15, 0.2) is 0 Å². The zero-order valence-corrected chi connectivity index (χ0v) is 17.5. The lowest BCUT2D eigenvalue weighted by Crippen LogP contribution is -2.41. The van der Waals surface area contributed by atoms with E-state index in [2.05, 4.69) is 36.3 Å². The van der Waals surface area contributed by atoms with Crippen molar-refractivity contribution in [3.8, 4) is 0 Å². The molecule has 1 aromatic heterocycles. The van der Waals surface area contributed by atoms with E-state index in [4.69, 9.17) is 4.74 Å². The molecule has 1 heterocycles. The van der Waals surface area contributed by atoms with Crippen LogP contribution in [0.25, 0.3) is 0 Å². The second-order valence-corrected chi connectivity index (χ2v) is 15.7. The molecule has 2 atom stereocenters. The molecule has 5 nitrogen and oxygen atoms in total. The van der Waals surface area contributed by atoms with E-state index in [9.17, 15) is 4.55 Å². The molecule has 0 fully saturated rings. The first-order chi connectivity index (χ1) is 10.5. The Morgan fingerprint density at radius 1 is 1.39 bits per heavy atom. The summed E-state index contributed by atoms with van der Waals surface area (Å²) in [5.41, 5.74) is 0.916. The number of aromatic nitrogens is 2. The van der Waals surface area contributed by atoms with Gasteiger partial charge in [0.05, 0.1) is 18.1 Å². The maximum absolute atomic E-state index is 12.3. The Labute approximate surface area is 145 Å². The van der Waals surface area contributed by atoms with Gasteiger partial charge in [-0.2, -0.15) is 0 Å². The molecule has 0 bridgehead atoms. The number of imidazole rings is 1. The first-order valence-corrected chi connectivity index (χ1v) is 13.2. The fraction of sp³-hybridized carbons (Fsp3) is 0.812. The zero-order valence-electron chi connectivity index (χ0n) is 15.7. The van der Waals surface area contributed by atoms with Gasteiger partial charge < -0.3 is 13.9 Å². The largest absolute Gasteiger partial charge is 0.598 e. The van der Waals surface area contributed by atoms with Gasteiger partial charge in [-0.1, -0.05) is 26.6 Å². The van der Waals surface area contributed by atoms with Crippen molar-refractivity contribution in [2.75, 3.05) is 6.61 Å². The maximum Gasteiger partial charge on any atom is 0.136 e. The smallest absolute Gasteiger partial charge is 0.136 e. The first kappa shape index (κ1) is 20.7. The van der Waals surface area contributed by atoms with Gasteiger partial charge in [-0.3, -0.25) is 0 Å². The summed E-state index contributed by atoms with van der Waals surface area (Å²) in [4.78, 5) is 4.44. The van der Waals surface area contributed by atoms with Gasteiger partial charge in [0, 0.05) is 32.2 Å². The highest BCUT2D eigenvalue weighted by Crippen LogP contribution is 2.21. The Balaban J connectivity index is 2.53. The molecular weight excluding hydrogens is 326 g/mol. The van der Waals surface area contributed by atoms with Gasteiger partial charge in [-0.25, -0.2) is 4.98 Å². The van der Waals surface area contributed by atoms with Crippen LogP contribution in [0.15, 0.2) is 12.5 Å². The molecule has 0 radical (unpaired) electrons. The minimum absolute atomic E-state index is 0.00158. The van der Waals surface area contributed by atoms with E-state index >= 15 is 0 Å². The molecule has 0 saturated carbocycles. The normalized spacial score (nSPS) is 15.7. The van der Waals surface area contributed by atoms with Gasteiger partial charge in [0.1, 0.15) is 11.5 Å². The summed E-state index contributed by atoms with van der Waals surface area (Å²) in [5, 5.41) is 0. The van der Waals surface area contributed by atoms with Crippen molar-refractivity contribution in [3.05, 3.63) is 18.2 Å². The van der Waals surface area contributed by atoms with Crippen molar-refractivity contribution in [2.24, 2.45) is 0 Å². The van der Waals surface area contributed by atoms with Crippen LogP contribution in [-0.4, -0.2) is 33.5 Å². The topological polar surface area (TPSA) is 62.1 Å². The number of nitrogens with one attached hydrogen (secondary N) is 1. The lowest BCUT2D eigenvalue weighted by Gasteiger charge is -2.26. The highest BCUT2D eigenvalue weighted by Gasteiger charge is 2.29. The number of hydrogen-bond donors (Lipinski definition) is 1. The summed E-state index contributed by atoms with van der Waals surface area (Å²) >= 11 is -1.10. The van der Waals surface area contributed by atoms with Crippen LogP contribution < -0.4 is 4.72 Å². The third-order valence-electron chi connectivity index (χ3n) is 3.46. The standard InChI is InChI=1S/C16H33N3O2SSi/c1-8-14(18-22(20)16(2,3)4)15-11-19(12-17-15)13-21-9-10-23(5,6)7/h11-12,14,18H,8-10,13H2,1-7H3. The number of hydrogen-bond acceptors (Lipinski definition) is 4. The van der Waals surface area contributed by atoms with Gasteiger partial charge >= 0.3 is 0 Å². The lowest BCUT2D eigenvalue weighted by molar-refractivity contribution is 0.0870. The van der Waals surface area contributed by atoms with Crippen molar-refractivity contribution in [2.45, 2.75) is 77.3 Å². The Kier molecular flexibility index (Phi) is 7.80. The third-order valence-corrected chi connectivity index (χ3v) is 6.78. The SMILES string of the molecule is CCC(N[S+]([O-])C(C)(C)C)c1cn(COCC[Si](C)(C)C)cn1. The molecule has 1 rings (SSSR count). The second-order valence-electron chi connectivity index (χ2n) is 8.12. The quantitative estimate of drug-likeness (QED) is 0.415. The third kappa shape index (κ3) is 7.85. The second kappa shape index (κ2) is 8.67. The molecule has 0 aliphatic carbocycles. The van der Waals surface area contributed by atoms with E-state index in [-0.39, 0.29) is 10.8 Å². The molecule has 0 aliphatic rings. The predicted molar refractivity (Wildman–Crippen MR) is 100 cm³/mol. The summed E-state index contributed by atoms with van der Waals surface area (Å²) in [5.74, 6) is 0. The van der Waals surface area contributed by atoms with Crippen LogP contribution in [0.2, 0.25) is 25.7 Å².